The molecule has 2 aromatic carbocycles. The molecule has 16 heteroatoms. The molecule has 2 aliphatic rings. The monoisotopic (exact) mass is 756 g/mol. The van der Waals surface area contributed by atoms with Gasteiger partial charge in [0.1, 0.15) is 11.4 Å². The number of rotatable bonds is 13. The summed E-state index contributed by atoms with van der Waals surface area (Å²) in [6.07, 6.45) is 6.97. The van der Waals surface area contributed by atoms with Gasteiger partial charge in [0.2, 0.25) is 11.5 Å². The molecular weight excluding hydrogens is 723 g/mol. The molecule has 0 spiro atoms. The highest BCUT2D eigenvalue weighted by atomic mass is 32.2. The van der Waals surface area contributed by atoms with E-state index in [-0.39, 0.29) is 45.9 Å². The highest BCUT2D eigenvalue weighted by molar-refractivity contribution is 8.00. The molecule has 6 rings (SSSR count). The Morgan fingerprint density at radius 2 is 1.75 bits per heavy atom. The fourth-order valence-electron chi connectivity index (χ4n) is 5.64. The van der Waals surface area contributed by atoms with Gasteiger partial charge in [0.15, 0.2) is 47.1 Å². The lowest BCUT2D eigenvalue weighted by atomic mass is 9.89. The highest BCUT2D eigenvalue weighted by Crippen LogP contribution is 2.45. The maximum absolute atomic E-state index is 13.4. The number of aromatic nitrogens is 2. The number of aliphatic carboxylic acids is 2. The number of anilines is 1. The van der Waals surface area contributed by atoms with Gasteiger partial charge in [0, 0.05) is 35.2 Å². The van der Waals surface area contributed by atoms with E-state index in [0.717, 1.165) is 33.6 Å². The number of thiazole rings is 1. The number of carboxylic acid groups (broad SMARTS) is 2. The fourth-order valence-corrected chi connectivity index (χ4v) is 7.57. The number of aromatic hydroxyl groups is 2. The van der Waals surface area contributed by atoms with Crippen molar-refractivity contribution in [2.45, 2.75) is 37.8 Å². The number of nitrogens with two attached hydrogens (primary N) is 1. The molecule has 4 aromatic rings. The summed E-state index contributed by atoms with van der Waals surface area (Å²) >= 11 is 2.39. The van der Waals surface area contributed by atoms with Gasteiger partial charge in [-0.05, 0) is 48.2 Å². The highest BCUT2D eigenvalue weighted by Gasteiger charge is 2.54. The Labute approximate surface area is 311 Å². The second kappa shape index (κ2) is 14.9. The standard InChI is InChI=1S/C37H33N5O9S2/c1-37(2,35(49)50)51-40-30(26-19-53-36(38)39-26)29(45)16-25-32(46)42-31(34(47)48)24(18-52-33(25)42)8-7-20-3-5-21(6-4-20)17-41-13-11-22(12-14-41)23-9-10-27(43)28(44)15-23/h3-15,19,25,33H,16-18H2,1-2H3,(H5,38,39,44,47,48,49,50)/p+1/b8-7?,40-30-/t25-,33-/m1/s1. The summed E-state index contributed by atoms with van der Waals surface area (Å²) in [5.74, 6) is -4.65. The summed E-state index contributed by atoms with van der Waals surface area (Å²) in [6, 6.07) is 16.2. The molecule has 14 nitrogen and oxygen atoms in total. The summed E-state index contributed by atoms with van der Waals surface area (Å²) in [6.45, 7) is 3.12. The first-order valence-corrected chi connectivity index (χ1v) is 18.1. The van der Waals surface area contributed by atoms with Crippen LogP contribution in [-0.4, -0.2) is 76.4 Å². The lowest BCUT2D eigenvalue weighted by Gasteiger charge is -2.49. The van der Waals surface area contributed by atoms with E-state index in [9.17, 15) is 39.6 Å². The summed E-state index contributed by atoms with van der Waals surface area (Å²) in [5, 5.41) is 43.7. The number of carbonyl (C=O) groups excluding carboxylic acids is 2. The van der Waals surface area contributed by atoms with Crippen LogP contribution in [0.25, 0.3) is 17.2 Å². The van der Waals surface area contributed by atoms with Crippen molar-refractivity contribution in [2.24, 2.45) is 11.1 Å². The number of allylic oxidation sites excluding steroid dienone is 1. The van der Waals surface area contributed by atoms with Crippen molar-refractivity contribution in [3.63, 3.8) is 0 Å². The van der Waals surface area contributed by atoms with Gasteiger partial charge in [0.25, 0.3) is 0 Å². The summed E-state index contributed by atoms with van der Waals surface area (Å²) < 4.78 is 2.00. The molecule has 272 valence electrons. The second-order valence-electron chi connectivity index (χ2n) is 12.8. The Balaban J connectivity index is 1.12. The van der Waals surface area contributed by atoms with Gasteiger partial charge in [-0.3, -0.25) is 14.5 Å². The third kappa shape index (κ3) is 7.93. The number of phenolic OH excluding ortho intramolecular Hbond substituents is 2. The van der Waals surface area contributed by atoms with Gasteiger partial charge in [0.05, 0.1) is 11.3 Å². The van der Waals surface area contributed by atoms with Crippen LogP contribution < -0.4 is 10.3 Å². The minimum absolute atomic E-state index is 0.0760. The Hall–Kier alpha value is -6.00. The van der Waals surface area contributed by atoms with E-state index in [1.807, 2.05) is 53.4 Å². The molecule has 1 saturated heterocycles. The number of β-lactam (4-membered cyclic amide) rings is 1. The summed E-state index contributed by atoms with van der Waals surface area (Å²) in [5.41, 5.74) is 7.59. The number of amides is 1. The van der Waals surface area contributed by atoms with Crippen LogP contribution in [-0.2, 0) is 30.6 Å². The first-order valence-electron chi connectivity index (χ1n) is 16.2. The molecule has 0 radical (unpaired) electrons. The predicted octanol–water partition coefficient (Wildman–Crippen LogP) is 4.27. The lowest BCUT2D eigenvalue weighted by Crippen LogP contribution is -2.62. The number of thioether (sulfide) groups is 1. The van der Waals surface area contributed by atoms with Crippen molar-refractivity contribution < 1.29 is 49.0 Å². The topological polar surface area (TPSA) is 217 Å². The Morgan fingerprint density at radius 1 is 1.04 bits per heavy atom. The number of fused-ring (bicyclic) bond motifs is 1. The lowest BCUT2D eigenvalue weighted by molar-refractivity contribution is -0.688. The van der Waals surface area contributed by atoms with Crippen LogP contribution in [0.1, 0.15) is 37.1 Å². The van der Waals surface area contributed by atoms with E-state index in [4.69, 9.17) is 10.6 Å². The zero-order chi connectivity index (χ0) is 38.0. The summed E-state index contributed by atoms with van der Waals surface area (Å²) in [7, 11) is 0. The van der Waals surface area contributed by atoms with E-state index < -0.39 is 40.5 Å². The van der Waals surface area contributed by atoms with Gasteiger partial charge in [-0.1, -0.05) is 47.6 Å². The second-order valence-corrected chi connectivity index (χ2v) is 14.8. The number of ketones is 1. The minimum Gasteiger partial charge on any atom is -0.504 e. The quantitative estimate of drug-likeness (QED) is 0.0425. The molecule has 6 N–H and O–H groups in total. The smallest absolute Gasteiger partial charge is 0.352 e. The summed E-state index contributed by atoms with van der Waals surface area (Å²) in [4.78, 5) is 61.2. The number of benzene rings is 2. The van der Waals surface area contributed by atoms with Crippen molar-refractivity contribution >= 4 is 63.6 Å². The first-order chi connectivity index (χ1) is 25.2. The van der Waals surface area contributed by atoms with Crippen molar-refractivity contribution in [3.8, 4) is 22.6 Å². The molecule has 2 aromatic heterocycles. The Bertz CT molecular complexity index is 2190. The van der Waals surface area contributed by atoms with Crippen LogP contribution >= 0.6 is 23.1 Å². The largest absolute Gasteiger partial charge is 0.504 e. The molecule has 0 saturated carbocycles. The zero-order valence-corrected chi connectivity index (χ0v) is 30.0. The maximum Gasteiger partial charge on any atom is 0.352 e. The maximum atomic E-state index is 13.4. The SMILES string of the molecule is CC(C)(O/N=C(\C(=O)C[C@@H]1C(=O)N2C(C(=O)O)=C(C=Cc3ccc(C[n+]4ccc(-c5ccc(O)c(O)c5)cc4)cc3)CS[C@H]12)c1csc(N)n1)C(=O)O. The van der Waals surface area contributed by atoms with Crippen molar-refractivity contribution in [2.75, 3.05) is 11.5 Å². The number of carbonyl (C=O) groups is 4. The molecule has 53 heavy (non-hydrogen) atoms. The van der Waals surface area contributed by atoms with E-state index in [0.29, 0.717) is 12.1 Å². The van der Waals surface area contributed by atoms with Crippen molar-refractivity contribution in [3.05, 3.63) is 107 Å². The number of hydrogen-bond acceptors (Lipinski definition) is 12. The molecule has 1 amide bonds. The number of carboxylic acids is 2. The normalized spacial score (nSPS) is 17.4. The van der Waals surface area contributed by atoms with Gasteiger partial charge >= 0.3 is 11.9 Å². The average Bonchev–Trinajstić information content (AvgIpc) is 3.56. The number of pyridine rings is 1. The van der Waals surface area contributed by atoms with Gasteiger partial charge < -0.3 is 31.0 Å². The number of nitrogens with zero attached hydrogens (tertiary/aromatic N) is 4. The number of phenols is 2. The molecule has 1 fully saturated rings. The van der Waals surface area contributed by atoms with Gasteiger partial charge in [-0.15, -0.1) is 23.1 Å². The Morgan fingerprint density at radius 3 is 2.38 bits per heavy atom. The molecule has 4 heterocycles. The van der Waals surface area contributed by atoms with Crippen LogP contribution in [0.5, 0.6) is 11.5 Å². The van der Waals surface area contributed by atoms with Crippen LogP contribution in [0, 0.1) is 5.92 Å². The van der Waals surface area contributed by atoms with Crippen LogP contribution in [0.4, 0.5) is 5.13 Å². The molecule has 0 unspecified atom stereocenters. The number of nitrogen functional groups attached to an aromatic ring is 1. The molecule has 0 aliphatic carbocycles. The predicted molar refractivity (Wildman–Crippen MR) is 197 cm³/mol. The molecular formula is C37H34N5O9S2+. The van der Waals surface area contributed by atoms with Crippen molar-refractivity contribution in [1.82, 2.24) is 9.88 Å². The third-order valence-corrected chi connectivity index (χ3v) is 10.7. The number of oxime groups is 1. The zero-order valence-electron chi connectivity index (χ0n) is 28.4. The molecule has 2 atom stereocenters. The molecule has 2 aliphatic heterocycles. The average molecular weight is 757 g/mol. The number of hydrogen-bond donors (Lipinski definition) is 5. The van der Waals surface area contributed by atoms with Crippen LogP contribution in [0.3, 0.4) is 0 Å². The van der Waals surface area contributed by atoms with Gasteiger partial charge in [-0.2, -0.15) is 0 Å². The molecule has 0 bridgehead atoms. The van der Waals surface area contributed by atoms with Gasteiger partial charge in [-0.25, -0.2) is 19.1 Å². The van der Waals surface area contributed by atoms with Crippen molar-refractivity contribution in [1.29, 1.82) is 0 Å². The van der Waals surface area contributed by atoms with E-state index in [1.165, 1.54) is 48.0 Å². The van der Waals surface area contributed by atoms with E-state index >= 15 is 0 Å². The fraction of sp³-hybridized carbons (Fsp3) is 0.216. The minimum atomic E-state index is -1.75. The third-order valence-electron chi connectivity index (χ3n) is 8.65. The van der Waals surface area contributed by atoms with Crippen LogP contribution in [0.2, 0.25) is 0 Å². The Kier molecular flexibility index (Phi) is 10.4. The first kappa shape index (κ1) is 36.8. The van der Waals surface area contributed by atoms with E-state index in [2.05, 4.69) is 10.1 Å². The number of Topliss-reactive ketones (excluding diaryl/α,β-unsaturated/α-hetero) is 1. The van der Waals surface area contributed by atoms with Crippen LogP contribution in [0.15, 0.2) is 94.9 Å². The van der Waals surface area contributed by atoms with E-state index in [1.54, 1.807) is 18.2 Å².